The highest BCUT2D eigenvalue weighted by molar-refractivity contribution is 7.91. The van der Waals surface area contributed by atoms with Crippen LogP contribution in [0.3, 0.4) is 0 Å². The number of nitrogens with one attached hydrogen (secondary N) is 1. The number of hydrogen-bond acceptors (Lipinski definition) is 5. The van der Waals surface area contributed by atoms with Gasteiger partial charge in [-0.3, -0.25) is 4.98 Å². The van der Waals surface area contributed by atoms with Crippen molar-refractivity contribution in [2.24, 2.45) is 0 Å². The standard InChI is InChI=1S/C17H15ClN2O3S/c1-22-17-10-15-13(9-14(17)18)16(7-8-20-15)23-11-3-5-12(6-4-11)24(2,19)21/h3-10,19H,1-2H3. The first-order valence-corrected chi connectivity index (χ1v) is 9.37. The van der Waals surface area contributed by atoms with Gasteiger partial charge in [-0.05, 0) is 36.4 Å². The van der Waals surface area contributed by atoms with E-state index in [2.05, 4.69) is 4.98 Å². The number of halogens is 1. The van der Waals surface area contributed by atoms with Crippen LogP contribution in [0.25, 0.3) is 10.9 Å². The number of aromatic nitrogens is 1. The van der Waals surface area contributed by atoms with Gasteiger partial charge in [0.25, 0.3) is 0 Å². The lowest BCUT2D eigenvalue weighted by Gasteiger charge is -2.11. The quantitative estimate of drug-likeness (QED) is 0.728. The summed E-state index contributed by atoms with van der Waals surface area (Å²) in [6, 6.07) is 11.9. The van der Waals surface area contributed by atoms with Crippen molar-refractivity contribution in [1.29, 1.82) is 4.78 Å². The van der Waals surface area contributed by atoms with Gasteiger partial charge in [0.1, 0.15) is 17.2 Å². The van der Waals surface area contributed by atoms with E-state index in [4.69, 9.17) is 25.9 Å². The van der Waals surface area contributed by atoms with Crippen molar-refractivity contribution in [3.63, 3.8) is 0 Å². The Balaban J connectivity index is 1.99. The van der Waals surface area contributed by atoms with Crippen LogP contribution >= 0.6 is 11.6 Å². The molecule has 0 aliphatic carbocycles. The number of hydrogen-bond donors (Lipinski definition) is 1. The van der Waals surface area contributed by atoms with E-state index in [1.165, 1.54) is 6.26 Å². The van der Waals surface area contributed by atoms with Crippen molar-refractivity contribution in [1.82, 2.24) is 4.98 Å². The largest absolute Gasteiger partial charge is 0.495 e. The fourth-order valence-corrected chi connectivity index (χ4v) is 3.16. The van der Waals surface area contributed by atoms with Crippen molar-refractivity contribution in [3.05, 3.63) is 53.7 Å². The summed E-state index contributed by atoms with van der Waals surface area (Å²) in [5.41, 5.74) is 0.702. The Morgan fingerprint density at radius 3 is 2.46 bits per heavy atom. The van der Waals surface area contributed by atoms with E-state index in [1.54, 1.807) is 55.8 Å². The summed E-state index contributed by atoms with van der Waals surface area (Å²) >= 11 is 6.19. The molecule has 24 heavy (non-hydrogen) atoms. The Morgan fingerprint density at radius 1 is 1.12 bits per heavy atom. The van der Waals surface area contributed by atoms with Crippen LogP contribution in [0.15, 0.2) is 53.6 Å². The molecule has 7 heteroatoms. The molecule has 0 aliphatic heterocycles. The highest BCUT2D eigenvalue weighted by atomic mass is 35.5. The molecule has 1 heterocycles. The Bertz CT molecular complexity index is 1000. The molecule has 124 valence electrons. The van der Waals surface area contributed by atoms with E-state index in [0.29, 0.717) is 32.7 Å². The number of ether oxygens (including phenoxy) is 2. The number of benzene rings is 2. The predicted octanol–water partition coefficient (Wildman–Crippen LogP) is 4.72. The second-order valence-electron chi connectivity index (χ2n) is 5.23. The van der Waals surface area contributed by atoms with Gasteiger partial charge in [0.05, 0.1) is 27.4 Å². The van der Waals surface area contributed by atoms with Gasteiger partial charge in [-0.1, -0.05) is 11.6 Å². The summed E-state index contributed by atoms with van der Waals surface area (Å²) in [6.07, 6.45) is 3.02. The molecular formula is C17H15ClN2O3S. The van der Waals surface area contributed by atoms with E-state index in [9.17, 15) is 4.21 Å². The van der Waals surface area contributed by atoms with Gasteiger partial charge < -0.3 is 9.47 Å². The summed E-state index contributed by atoms with van der Waals surface area (Å²) in [4.78, 5) is 4.76. The number of methoxy groups -OCH3 is 1. The molecule has 0 fully saturated rings. The molecule has 5 nitrogen and oxygen atoms in total. The average Bonchev–Trinajstić information content (AvgIpc) is 2.54. The fraction of sp³-hybridized carbons (Fsp3) is 0.118. The monoisotopic (exact) mass is 362 g/mol. The summed E-state index contributed by atoms with van der Waals surface area (Å²) in [6.45, 7) is 0. The maximum Gasteiger partial charge on any atom is 0.139 e. The second-order valence-corrected chi connectivity index (χ2v) is 7.80. The van der Waals surface area contributed by atoms with E-state index >= 15 is 0 Å². The normalized spacial score (nSPS) is 13.5. The van der Waals surface area contributed by atoms with Crippen LogP contribution in [-0.2, 0) is 9.73 Å². The molecule has 0 bridgehead atoms. The smallest absolute Gasteiger partial charge is 0.139 e. The third kappa shape index (κ3) is 3.29. The zero-order valence-corrected chi connectivity index (χ0v) is 14.6. The molecule has 0 saturated carbocycles. The first kappa shape index (κ1) is 16.5. The molecule has 3 aromatic rings. The van der Waals surface area contributed by atoms with Gasteiger partial charge in [-0.25, -0.2) is 8.99 Å². The van der Waals surface area contributed by atoms with Crippen LogP contribution in [0.5, 0.6) is 17.2 Å². The van der Waals surface area contributed by atoms with Gasteiger partial charge in [0.2, 0.25) is 0 Å². The minimum absolute atomic E-state index is 0.460. The highest BCUT2D eigenvalue weighted by Gasteiger charge is 2.10. The second kappa shape index (κ2) is 6.30. The Kier molecular flexibility index (Phi) is 4.34. The van der Waals surface area contributed by atoms with Gasteiger partial charge in [0.15, 0.2) is 0 Å². The minimum atomic E-state index is -2.74. The third-order valence-electron chi connectivity index (χ3n) is 3.48. The van der Waals surface area contributed by atoms with Gasteiger partial charge >= 0.3 is 0 Å². The zero-order valence-electron chi connectivity index (χ0n) is 13.1. The molecule has 1 atom stereocenters. The predicted molar refractivity (Wildman–Crippen MR) is 94.9 cm³/mol. The lowest BCUT2D eigenvalue weighted by molar-refractivity contribution is 0.415. The molecule has 0 aliphatic rings. The maximum absolute atomic E-state index is 11.7. The summed E-state index contributed by atoms with van der Waals surface area (Å²) in [5.74, 6) is 1.72. The van der Waals surface area contributed by atoms with Gasteiger partial charge in [-0.15, -0.1) is 0 Å². The van der Waals surface area contributed by atoms with E-state index in [-0.39, 0.29) is 0 Å². The van der Waals surface area contributed by atoms with Gasteiger partial charge in [0, 0.05) is 28.8 Å². The van der Waals surface area contributed by atoms with Crippen LogP contribution in [0.1, 0.15) is 0 Å². The molecule has 2 aromatic carbocycles. The molecular weight excluding hydrogens is 348 g/mol. The van der Waals surface area contributed by atoms with Gasteiger partial charge in [-0.2, -0.15) is 0 Å². The van der Waals surface area contributed by atoms with Crippen molar-refractivity contribution < 1.29 is 13.7 Å². The summed E-state index contributed by atoms with van der Waals surface area (Å²) < 4.78 is 30.4. The van der Waals surface area contributed by atoms with Crippen LogP contribution in [0, 0.1) is 4.78 Å². The number of rotatable bonds is 4. The molecule has 0 saturated heterocycles. The third-order valence-corrected chi connectivity index (χ3v) is 4.94. The van der Waals surface area contributed by atoms with E-state index in [1.807, 2.05) is 0 Å². The summed E-state index contributed by atoms with van der Waals surface area (Å²) in [5, 5.41) is 1.23. The highest BCUT2D eigenvalue weighted by Crippen LogP contribution is 2.35. The Morgan fingerprint density at radius 2 is 1.83 bits per heavy atom. The van der Waals surface area contributed by atoms with Crippen molar-refractivity contribution in [2.75, 3.05) is 13.4 Å². The minimum Gasteiger partial charge on any atom is -0.495 e. The molecule has 3 rings (SSSR count). The average molecular weight is 363 g/mol. The van der Waals surface area contributed by atoms with E-state index < -0.39 is 9.73 Å². The zero-order chi connectivity index (χ0) is 17.3. The molecule has 0 radical (unpaired) electrons. The molecule has 1 aromatic heterocycles. The van der Waals surface area contributed by atoms with Crippen LogP contribution < -0.4 is 9.47 Å². The summed E-state index contributed by atoms with van der Waals surface area (Å²) in [7, 11) is -1.19. The Labute approximate surface area is 145 Å². The molecule has 1 N–H and O–H groups in total. The van der Waals surface area contributed by atoms with Crippen LogP contribution in [-0.4, -0.2) is 22.6 Å². The number of nitrogens with zero attached hydrogens (tertiary/aromatic N) is 1. The molecule has 0 spiro atoms. The Hall–Kier alpha value is -2.31. The molecule has 0 amide bonds. The van der Waals surface area contributed by atoms with E-state index in [0.717, 1.165) is 5.39 Å². The number of fused-ring (bicyclic) bond motifs is 1. The SMILES string of the molecule is COc1cc2nccc(Oc3ccc(S(C)(=N)=O)cc3)c2cc1Cl. The lowest BCUT2D eigenvalue weighted by Crippen LogP contribution is -1.94. The van der Waals surface area contributed by atoms with Crippen molar-refractivity contribution in [2.45, 2.75) is 4.90 Å². The lowest BCUT2D eigenvalue weighted by atomic mass is 10.2. The van der Waals surface area contributed by atoms with Crippen LogP contribution in [0.2, 0.25) is 5.02 Å². The fourth-order valence-electron chi connectivity index (χ4n) is 2.26. The maximum atomic E-state index is 11.7. The van der Waals surface area contributed by atoms with Crippen molar-refractivity contribution in [3.8, 4) is 17.2 Å². The molecule has 1 unspecified atom stereocenters. The van der Waals surface area contributed by atoms with Crippen molar-refractivity contribution >= 4 is 32.2 Å². The first-order chi connectivity index (χ1) is 11.4. The first-order valence-electron chi connectivity index (χ1n) is 7.02. The number of pyridine rings is 1. The van der Waals surface area contributed by atoms with Crippen LogP contribution in [0.4, 0.5) is 0 Å². The topological polar surface area (TPSA) is 72.3 Å².